The van der Waals surface area contributed by atoms with Gasteiger partial charge in [0.1, 0.15) is 5.60 Å². The zero-order valence-corrected chi connectivity index (χ0v) is 11.7. The average Bonchev–Trinajstić information content (AvgIpc) is 1.96. The fourth-order valence-electron chi connectivity index (χ4n) is 0.784. The van der Waals surface area contributed by atoms with Gasteiger partial charge in [0.05, 0.1) is 5.97 Å². The first-order chi connectivity index (χ1) is 6.22. The Morgan fingerprint density at radius 1 is 1.40 bits per heavy atom. The molecule has 2 N–H and O–H groups in total. The monoisotopic (exact) mass is 225 g/mol. The van der Waals surface area contributed by atoms with Gasteiger partial charge >= 0.3 is 35.5 Å². The van der Waals surface area contributed by atoms with Gasteiger partial charge in [-0.25, -0.2) is 0 Å². The number of carbonyl (C=O) groups is 2. The van der Waals surface area contributed by atoms with Gasteiger partial charge in [-0.15, -0.1) is 0 Å². The van der Waals surface area contributed by atoms with Gasteiger partial charge in [0.25, 0.3) is 0 Å². The second kappa shape index (κ2) is 7.22. The molecule has 0 radical (unpaired) electrons. The molecule has 0 aromatic heterocycles. The molecule has 82 valence electrons. The maximum absolute atomic E-state index is 11.1. The van der Waals surface area contributed by atoms with E-state index in [0.29, 0.717) is 0 Å². The largest absolute Gasteiger partial charge is 1.00 e. The van der Waals surface area contributed by atoms with Crippen LogP contribution < -0.4 is 40.4 Å². The Morgan fingerprint density at radius 3 is 2.20 bits per heavy atom. The van der Waals surface area contributed by atoms with E-state index < -0.39 is 23.6 Å². The fourth-order valence-corrected chi connectivity index (χ4v) is 0.784. The van der Waals surface area contributed by atoms with Crippen LogP contribution in [0.1, 0.15) is 33.6 Å². The van der Waals surface area contributed by atoms with Gasteiger partial charge in [-0.2, -0.15) is 0 Å². The zero-order valence-electron chi connectivity index (χ0n) is 9.70. The standard InChI is InChI=1S/C9H17NO4.Na/c1-9(2,3)14-7(11)5-4-6(10)8(12)13;/h6H,4-5,10H2,1-3H3,(H,12,13);/q;+1/p-1/t6-;/m0./s1. The molecule has 0 fully saturated rings. The van der Waals surface area contributed by atoms with Crippen LogP contribution in [0, 0.1) is 0 Å². The number of rotatable bonds is 4. The third-order valence-corrected chi connectivity index (χ3v) is 1.38. The van der Waals surface area contributed by atoms with E-state index in [0.717, 1.165) is 0 Å². The summed E-state index contributed by atoms with van der Waals surface area (Å²) in [7, 11) is 0. The number of aliphatic carboxylic acids is 1. The third kappa shape index (κ3) is 10.2. The van der Waals surface area contributed by atoms with E-state index in [1.54, 1.807) is 20.8 Å². The normalized spacial score (nSPS) is 12.5. The molecule has 0 bridgehead atoms. The predicted octanol–water partition coefficient (Wildman–Crippen LogP) is -3.81. The van der Waals surface area contributed by atoms with Crippen LogP contribution in [0.15, 0.2) is 0 Å². The van der Waals surface area contributed by atoms with E-state index in [1.165, 1.54) is 0 Å². The van der Waals surface area contributed by atoms with Crippen molar-refractivity contribution in [3.8, 4) is 0 Å². The molecule has 0 aromatic carbocycles. The van der Waals surface area contributed by atoms with Crippen molar-refractivity contribution in [1.82, 2.24) is 0 Å². The Balaban J connectivity index is 0. The van der Waals surface area contributed by atoms with Gasteiger partial charge in [-0.05, 0) is 27.2 Å². The molecular formula is C9H16NNaO4. The van der Waals surface area contributed by atoms with E-state index in [-0.39, 0.29) is 42.4 Å². The van der Waals surface area contributed by atoms with Crippen LogP contribution in [0.25, 0.3) is 0 Å². The van der Waals surface area contributed by atoms with Crippen molar-refractivity contribution in [2.24, 2.45) is 5.73 Å². The number of ether oxygens (including phenoxy) is 1. The first-order valence-electron chi connectivity index (χ1n) is 4.40. The molecule has 0 unspecified atom stereocenters. The van der Waals surface area contributed by atoms with Crippen LogP contribution in [0.3, 0.4) is 0 Å². The van der Waals surface area contributed by atoms with Crippen LogP contribution >= 0.6 is 0 Å². The Labute approximate surface area is 112 Å². The van der Waals surface area contributed by atoms with Crippen molar-refractivity contribution in [2.75, 3.05) is 0 Å². The number of hydrogen-bond donors (Lipinski definition) is 1. The van der Waals surface area contributed by atoms with Gasteiger partial charge < -0.3 is 20.4 Å². The number of carbonyl (C=O) groups excluding carboxylic acids is 2. The van der Waals surface area contributed by atoms with E-state index in [1.807, 2.05) is 0 Å². The Hall–Kier alpha value is -0.100. The maximum atomic E-state index is 11.1. The molecular weight excluding hydrogens is 209 g/mol. The van der Waals surface area contributed by atoms with Gasteiger partial charge in [0.2, 0.25) is 0 Å². The molecule has 0 saturated carbocycles. The molecule has 0 spiro atoms. The number of nitrogens with two attached hydrogens (primary N) is 1. The molecule has 5 nitrogen and oxygen atoms in total. The van der Waals surface area contributed by atoms with E-state index in [9.17, 15) is 14.7 Å². The summed E-state index contributed by atoms with van der Waals surface area (Å²) < 4.78 is 4.96. The fraction of sp³-hybridized carbons (Fsp3) is 0.778. The summed E-state index contributed by atoms with van der Waals surface area (Å²) in [6.07, 6.45) is 0.0314. The topological polar surface area (TPSA) is 92.5 Å². The van der Waals surface area contributed by atoms with Gasteiger partial charge in [0, 0.05) is 12.5 Å². The predicted molar refractivity (Wildman–Crippen MR) is 48.1 cm³/mol. The summed E-state index contributed by atoms with van der Waals surface area (Å²) in [6, 6.07) is -1.11. The molecule has 0 aromatic rings. The molecule has 6 heteroatoms. The van der Waals surface area contributed by atoms with Gasteiger partial charge in [-0.1, -0.05) is 0 Å². The van der Waals surface area contributed by atoms with Crippen molar-refractivity contribution in [3.63, 3.8) is 0 Å². The third-order valence-electron chi connectivity index (χ3n) is 1.38. The molecule has 15 heavy (non-hydrogen) atoms. The quantitative estimate of drug-likeness (QED) is 0.391. The first-order valence-corrected chi connectivity index (χ1v) is 4.40. The summed E-state index contributed by atoms with van der Waals surface area (Å²) in [5.41, 5.74) is 4.61. The van der Waals surface area contributed by atoms with Crippen LogP contribution in [0.5, 0.6) is 0 Å². The molecule has 0 aliphatic carbocycles. The number of esters is 1. The smallest absolute Gasteiger partial charge is 0.548 e. The second-order valence-electron chi connectivity index (χ2n) is 4.05. The minimum atomic E-state index is -1.35. The van der Waals surface area contributed by atoms with Crippen molar-refractivity contribution in [1.29, 1.82) is 0 Å². The van der Waals surface area contributed by atoms with Crippen molar-refractivity contribution < 1.29 is 49.0 Å². The molecule has 0 aliphatic rings. The number of carboxylic acids is 1. The second-order valence-corrected chi connectivity index (χ2v) is 4.05. The summed E-state index contributed by atoms with van der Waals surface area (Å²) in [5.74, 6) is -1.80. The maximum Gasteiger partial charge on any atom is 1.00 e. The number of hydrogen-bond acceptors (Lipinski definition) is 5. The van der Waals surface area contributed by atoms with Crippen LogP contribution in [0.2, 0.25) is 0 Å². The van der Waals surface area contributed by atoms with Gasteiger partial charge in [-0.3, -0.25) is 4.79 Å². The van der Waals surface area contributed by atoms with E-state index in [4.69, 9.17) is 10.5 Å². The summed E-state index contributed by atoms with van der Waals surface area (Å²) in [6.45, 7) is 5.22. The Morgan fingerprint density at radius 2 is 1.87 bits per heavy atom. The SMILES string of the molecule is CC(C)(C)OC(=O)CC[C@H](N)C(=O)[O-].[Na+]. The molecule has 0 heterocycles. The molecule has 0 amide bonds. The zero-order chi connectivity index (χ0) is 11.4. The van der Waals surface area contributed by atoms with Gasteiger partial charge in [0.15, 0.2) is 0 Å². The minimum Gasteiger partial charge on any atom is -0.548 e. The molecule has 0 saturated heterocycles. The van der Waals surface area contributed by atoms with Crippen LogP contribution in [0.4, 0.5) is 0 Å². The molecule has 1 atom stereocenters. The molecule has 0 aliphatic heterocycles. The summed E-state index contributed by atoms with van der Waals surface area (Å²) in [5, 5.41) is 10.2. The van der Waals surface area contributed by atoms with Crippen molar-refractivity contribution >= 4 is 11.9 Å². The summed E-state index contributed by atoms with van der Waals surface area (Å²) in [4.78, 5) is 21.3. The van der Waals surface area contributed by atoms with E-state index in [2.05, 4.69) is 0 Å². The summed E-state index contributed by atoms with van der Waals surface area (Å²) >= 11 is 0. The minimum absolute atomic E-state index is 0. The Bertz CT molecular complexity index is 225. The van der Waals surface area contributed by atoms with Crippen molar-refractivity contribution in [3.05, 3.63) is 0 Å². The van der Waals surface area contributed by atoms with Crippen LogP contribution in [-0.2, 0) is 14.3 Å². The number of carboxylic acid groups (broad SMARTS) is 1. The molecule has 0 rings (SSSR count). The van der Waals surface area contributed by atoms with E-state index >= 15 is 0 Å². The van der Waals surface area contributed by atoms with Crippen LogP contribution in [-0.4, -0.2) is 23.6 Å². The Kier molecular flexibility index (Phi) is 8.33. The first kappa shape index (κ1) is 17.3. The average molecular weight is 225 g/mol. The van der Waals surface area contributed by atoms with Crippen molar-refractivity contribution in [2.45, 2.75) is 45.3 Å².